The number of carbonyl (C=O) groups is 1. The first-order valence-corrected chi connectivity index (χ1v) is 8.13. The van der Waals surface area contributed by atoms with Crippen LogP contribution in [-0.4, -0.2) is 22.6 Å². The molecule has 1 unspecified atom stereocenters. The number of carboxylic acids is 1. The molecule has 120 valence electrons. The van der Waals surface area contributed by atoms with Crippen LogP contribution in [0.3, 0.4) is 0 Å². The van der Waals surface area contributed by atoms with Gasteiger partial charge >= 0.3 is 5.97 Å². The highest BCUT2D eigenvalue weighted by molar-refractivity contribution is 7.15. The quantitative estimate of drug-likeness (QED) is 0.879. The van der Waals surface area contributed by atoms with E-state index < -0.39 is 11.9 Å². The number of thiazole rings is 1. The molecule has 1 heterocycles. The standard InChI is InChI=1S/C17H19N3O2S/c1-11(16(21)22)9-20(17-19-12(2)13(3)23-17)10-15-6-4-14(8-18)5-7-15/h4-7,11H,9-10H2,1-3H3,(H,21,22). The zero-order valence-electron chi connectivity index (χ0n) is 13.4. The number of aliphatic carboxylic acids is 1. The summed E-state index contributed by atoms with van der Waals surface area (Å²) in [7, 11) is 0. The lowest BCUT2D eigenvalue weighted by Gasteiger charge is -2.24. The molecule has 0 fully saturated rings. The number of aryl methyl sites for hydroxylation is 2. The van der Waals surface area contributed by atoms with Crippen molar-refractivity contribution in [2.75, 3.05) is 11.4 Å². The van der Waals surface area contributed by atoms with Crippen molar-refractivity contribution in [3.63, 3.8) is 0 Å². The van der Waals surface area contributed by atoms with Crippen molar-refractivity contribution in [1.82, 2.24) is 4.98 Å². The van der Waals surface area contributed by atoms with Crippen molar-refractivity contribution in [2.45, 2.75) is 27.3 Å². The number of anilines is 1. The first-order chi connectivity index (χ1) is 10.9. The van der Waals surface area contributed by atoms with Crippen LogP contribution in [0.2, 0.25) is 0 Å². The maximum atomic E-state index is 11.2. The molecule has 1 N–H and O–H groups in total. The Bertz CT molecular complexity index is 712. The molecule has 1 aromatic heterocycles. The van der Waals surface area contributed by atoms with Crippen LogP contribution in [0.15, 0.2) is 24.3 Å². The summed E-state index contributed by atoms with van der Waals surface area (Å²) in [5.74, 6) is -1.31. The number of aromatic nitrogens is 1. The van der Waals surface area contributed by atoms with Crippen LogP contribution in [-0.2, 0) is 11.3 Å². The van der Waals surface area contributed by atoms with Gasteiger partial charge in [0.15, 0.2) is 5.13 Å². The number of hydrogen-bond donors (Lipinski definition) is 1. The second-order valence-electron chi connectivity index (χ2n) is 5.57. The highest BCUT2D eigenvalue weighted by Crippen LogP contribution is 2.27. The van der Waals surface area contributed by atoms with E-state index in [1.54, 1.807) is 30.4 Å². The van der Waals surface area contributed by atoms with E-state index in [2.05, 4.69) is 11.1 Å². The number of nitriles is 1. The third kappa shape index (κ3) is 4.30. The number of benzene rings is 1. The monoisotopic (exact) mass is 329 g/mol. The average molecular weight is 329 g/mol. The molecule has 0 aliphatic heterocycles. The van der Waals surface area contributed by atoms with Gasteiger partial charge in [-0.2, -0.15) is 5.26 Å². The van der Waals surface area contributed by atoms with E-state index in [1.807, 2.05) is 30.9 Å². The summed E-state index contributed by atoms with van der Waals surface area (Å²) in [6.07, 6.45) is 0. The minimum absolute atomic E-state index is 0.391. The third-order valence-corrected chi connectivity index (χ3v) is 4.79. The van der Waals surface area contributed by atoms with E-state index in [1.165, 1.54) is 0 Å². The van der Waals surface area contributed by atoms with Gasteiger partial charge in [-0.1, -0.05) is 19.1 Å². The van der Waals surface area contributed by atoms with E-state index >= 15 is 0 Å². The number of rotatable bonds is 6. The van der Waals surface area contributed by atoms with Gasteiger partial charge in [0.2, 0.25) is 0 Å². The highest BCUT2D eigenvalue weighted by Gasteiger charge is 2.20. The Balaban J connectivity index is 2.25. The molecule has 2 aromatic rings. The van der Waals surface area contributed by atoms with E-state index in [0.29, 0.717) is 18.7 Å². The number of carboxylic acid groups (broad SMARTS) is 1. The van der Waals surface area contributed by atoms with Gasteiger partial charge in [0.05, 0.1) is 23.2 Å². The molecule has 1 atom stereocenters. The van der Waals surface area contributed by atoms with E-state index in [9.17, 15) is 9.90 Å². The highest BCUT2D eigenvalue weighted by atomic mass is 32.1. The van der Waals surface area contributed by atoms with Gasteiger partial charge in [-0.3, -0.25) is 4.79 Å². The largest absolute Gasteiger partial charge is 0.481 e. The summed E-state index contributed by atoms with van der Waals surface area (Å²) in [5, 5.41) is 18.9. The van der Waals surface area contributed by atoms with Gasteiger partial charge in [-0.25, -0.2) is 4.98 Å². The zero-order chi connectivity index (χ0) is 17.0. The Hall–Kier alpha value is -2.39. The lowest BCUT2D eigenvalue weighted by Crippen LogP contribution is -2.31. The Morgan fingerprint density at radius 3 is 2.52 bits per heavy atom. The van der Waals surface area contributed by atoms with E-state index in [0.717, 1.165) is 21.3 Å². The molecule has 1 aromatic carbocycles. The van der Waals surface area contributed by atoms with Crippen LogP contribution in [0.25, 0.3) is 0 Å². The van der Waals surface area contributed by atoms with Crippen molar-refractivity contribution >= 4 is 22.4 Å². The van der Waals surface area contributed by atoms with Crippen LogP contribution in [0, 0.1) is 31.1 Å². The van der Waals surface area contributed by atoms with Crippen LogP contribution >= 0.6 is 11.3 Å². The first-order valence-electron chi connectivity index (χ1n) is 7.31. The normalized spacial score (nSPS) is 11.7. The van der Waals surface area contributed by atoms with Crippen molar-refractivity contribution in [2.24, 2.45) is 5.92 Å². The van der Waals surface area contributed by atoms with Gasteiger partial charge in [0, 0.05) is 18.0 Å². The SMILES string of the molecule is Cc1nc(N(Cc2ccc(C#N)cc2)CC(C)C(=O)O)sc1C. The van der Waals surface area contributed by atoms with E-state index in [-0.39, 0.29) is 0 Å². The summed E-state index contributed by atoms with van der Waals surface area (Å²) >= 11 is 1.57. The molecule has 23 heavy (non-hydrogen) atoms. The molecule has 5 nitrogen and oxygen atoms in total. The maximum absolute atomic E-state index is 11.2. The second kappa shape index (κ2) is 7.25. The molecule has 0 saturated carbocycles. The molecule has 0 saturated heterocycles. The Morgan fingerprint density at radius 1 is 1.39 bits per heavy atom. The Kier molecular flexibility index (Phi) is 5.35. The Labute approximate surface area is 139 Å². The van der Waals surface area contributed by atoms with Crippen molar-refractivity contribution < 1.29 is 9.90 Å². The van der Waals surface area contributed by atoms with Crippen LogP contribution in [0.4, 0.5) is 5.13 Å². The Morgan fingerprint density at radius 2 is 2.04 bits per heavy atom. The number of nitrogens with zero attached hydrogens (tertiary/aromatic N) is 3. The van der Waals surface area contributed by atoms with Gasteiger partial charge in [0.1, 0.15) is 0 Å². The summed E-state index contributed by atoms with van der Waals surface area (Å²) in [6, 6.07) is 9.42. The topological polar surface area (TPSA) is 77.2 Å². The number of hydrogen-bond acceptors (Lipinski definition) is 5. The van der Waals surface area contributed by atoms with Crippen molar-refractivity contribution in [1.29, 1.82) is 5.26 Å². The average Bonchev–Trinajstić information content (AvgIpc) is 2.86. The van der Waals surface area contributed by atoms with Gasteiger partial charge in [-0.05, 0) is 31.5 Å². The molecule has 0 radical (unpaired) electrons. The molecule has 2 rings (SSSR count). The molecule has 6 heteroatoms. The first kappa shape index (κ1) is 17.0. The third-order valence-electron chi connectivity index (χ3n) is 3.66. The minimum Gasteiger partial charge on any atom is -0.481 e. The maximum Gasteiger partial charge on any atom is 0.308 e. The molecule has 0 amide bonds. The van der Waals surface area contributed by atoms with Crippen molar-refractivity contribution in [3.05, 3.63) is 46.0 Å². The fourth-order valence-corrected chi connectivity index (χ4v) is 3.03. The smallest absolute Gasteiger partial charge is 0.308 e. The summed E-state index contributed by atoms with van der Waals surface area (Å²) in [6.45, 7) is 6.62. The zero-order valence-corrected chi connectivity index (χ0v) is 14.2. The van der Waals surface area contributed by atoms with E-state index in [4.69, 9.17) is 5.26 Å². The van der Waals surface area contributed by atoms with Crippen LogP contribution in [0.1, 0.15) is 28.6 Å². The molecule has 0 spiro atoms. The summed E-state index contributed by atoms with van der Waals surface area (Å²) in [4.78, 5) is 18.9. The molecule has 0 aliphatic rings. The molecule has 0 aliphatic carbocycles. The minimum atomic E-state index is -0.820. The predicted molar refractivity (Wildman–Crippen MR) is 90.6 cm³/mol. The van der Waals surface area contributed by atoms with Gasteiger partial charge in [-0.15, -0.1) is 11.3 Å². The lowest BCUT2D eigenvalue weighted by molar-refractivity contribution is -0.140. The van der Waals surface area contributed by atoms with Crippen LogP contribution in [0.5, 0.6) is 0 Å². The summed E-state index contributed by atoms with van der Waals surface area (Å²) < 4.78 is 0. The van der Waals surface area contributed by atoms with Crippen LogP contribution < -0.4 is 4.90 Å². The molecular formula is C17H19N3O2S. The van der Waals surface area contributed by atoms with Crippen molar-refractivity contribution in [3.8, 4) is 6.07 Å². The van der Waals surface area contributed by atoms with Gasteiger partial charge in [0.25, 0.3) is 0 Å². The molecule has 0 bridgehead atoms. The predicted octanol–water partition coefficient (Wildman–Crippen LogP) is 3.36. The van der Waals surface area contributed by atoms with Gasteiger partial charge < -0.3 is 10.0 Å². The fraction of sp³-hybridized carbons (Fsp3) is 0.353. The molecular weight excluding hydrogens is 310 g/mol. The lowest BCUT2D eigenvalue weighted by atomic mass is 10.1. The second-order valence-corrected chi connectivity index (χ2v) is 6.75. The summed E-state index contributed by atoms with van der Waals surface area (Å²) in [5.41, 5.74) is 2.60. The fourth-order valence-electron chi connectivity index (χ4n) is 2.12.